The third-order valence-corrected chi connectivity index (χ3v) is 4.95. The molecule has 2 aliphatic heterocycles. The average molecular weight is 233 g/mol. The summed E-state index contributed by atoms with van der Waals surface area (Å²) in [5, 5.41) is 8.96. The zero-order valence-electron chi connectivity index (χ0n) is 10.6. The van der Waals surface area contributed by atoms with Crippen molar-refractivity contribution in [2.24, 2.45) is 5.92 Å². The Morgan fingerprint density at radius 3 is 2.24 bits per heavy atom. The van der Waals surface area contributed by atoms with Crippen molar-refractivity contribution in [1.82, 2.24) is 9.80 Å². The molecule has 2 heterocycles. The van der Waals surface area contributed by atoms with Crippen LogP contribution in [0.25, 0.3) is 0 Å². The maximum atomic E-state index is 8.96. The molecule has 94 valence electrons. The predicted octanol–water partition coefficient (Wildman–Crippen LogP) is 1.85. The van der Waals surface area contributed by atoms with Gasteiger partial charge in [0.2, 0.25) is 0 Å². The van der Waals surface area contributed by atoms with Crippen LogP contribution in [0.4, 0.5) is 0 Å². The van der Waals surface area contributed by atoms with E-state index in [0.29, 0.717) is 5.92 Å². The third-order valence-electron chi connectivity index (χ3n) is 4.95. The standard InChI is InChI=1S/C14H23N3/c15-9-12-5-7-16(10-12)14-6-8-17(11-14)13-3-1-2-4-13/h12-14H,1-8,10-11H2. The highest BCUT2D eigenvalue weighted by molar-refractivity contribution is 4.96. The maximum absolute atomic E-state index is 8.96. The molecule has 3 rings (SSSR count). The third kappa shape index (κ3) is 2.34. The minimum Gasteiger partial charge on any atom is -0.299 e. The van der Waals surface area contributed by atoms with Crippen molar-refractivity contribution in [3.63, 3.8) is 0 Å². The van der Waals surface area contributed by atoms with Crippen molar-refractivity contribution >= 4 is 0 Å². The van der Waals surface area contributed by atoms with Gasteiger partial charge in [-0.15, -0.1) is 0 Å². The van der Waals surface area contributed by atoms with Crippen LogP contribution in [0, 0.1) is 17.2 Å². The van der Waals surface area contributed by atoms with E-state index in [4.69, 9.17) is 5.26 Å². The van der Waals surface area contributed by atoms with Crippen LogP contribution in [0.5, 0.6) is 0 Å². The molecule has 0 aromatic rings. The normalized spacial score (nSPS) is 36.6. The van der Waals surface area contributed by atoms with Gasteiger partial charge >= 0.3 is 0 Å². The van der Waals surface area contributed by atoms with E-state index in [-0.39, 0.29) is 0 Å². The Morgan fingerprint density at radius 1 is 0.824 bits per heavy atom. The monoisotopic (exact) mass is 233 g/mol. The molecule has 3 fully saturated rings. The minimum atomic E-state index is 0.301. The first-order valence-electron chi connectivity index (χ1n) is 7.24. The van der Waals surface area contributed by atoms with Crippen LogP contribution in [0.2, 0.25) is 0 Å². The lowest BCUT2D eigenvalue weighted by molar-refractivity contribution is 0.199. The van der Waals surface area contributed by atoms with Gasteiger partial charge < -0.3 is 0 Å². The van der Waals surface area contributed by atoms with Crippen LogP contribution in [-0.2, 0) is 0 Å². The van der Waals surface area contributed by atoms with Crippen LogP contribution in [-0.4, -0.2) is 48.1 Å². The van der Waals surface area contributed by atoms with Crippen LogP contribution in [0.3, 0.4) is 0 Å². The van der Waals surface area contributed by atoms with Gasteiger partial charge in [-0.2, -0.15) is 5.26 Å². The first-order chi connectivity index (χ1) is 8.36. The summed E-state index contributed by atoms with van der Waals surface area (Å²) in [5.41, 5.74) is 0. The number of rotatable bonds is 2. The first-order valence-corrected chi connectivity index (χ1v) is 7.24. The van der Waals surface area contributed by atoms with E-state index in [1.54, 1.807) is 0 Å². The average Bonchev–Trinajstić information content (AvgIpc) is 3.09. The minimum absolute atomic E-state index is 0.301. The summed E-state index contributed by atoms with van der Waals surface area (Å²) in [7, 11) is 0. The molecule has 1 saturated carbocycles. The second kappa shape index (κ2) is 4.96. The molecule has 2 atom stereocenters. The van der Waals surface area contributed by atoms with Gasteiger partial charge in [-0.1, -0.05) is 12.8 Å². The fourth-order valence-corrected chi connectivity index (χ4v) is 3.89. The van der Waals surface area contributed by atoms with Gasteiger partial charge in [-0.05, 0) is 32.2 Å². The van der Waals surface area contributed by atoms with Gasteiger partial charge in [0, 0.05) is 31.7 Å². The Hall–Kier alpha value is -0.590. The molecule has 1 aliphatic carbocycles. The van der Waals surface area contributed by atoms with Gasteiger partial charge in [-0.25, -0.2) is 0 Å². The highest BCUT2D eigenvalue weighted by atomic mass is 15.3. The first kappa shape index (κ1) is 11.5. The van der Waals surface area contributed by atoms with Crippen LogP contribution < -0.4 is 0 Å². The van der Waals surface area contributed by atoms with Gasteiger partial charge in [0.05, 0.1) is 12.0 Å². The lowest BCUT2D eigenvalue weighted by Gasteiger charge is -2.26. The quantitative estimate of drug-likeness (QED) is 0.729. The summed E-state index contributed by atoms with van der Waals surface area (Å²) in [4.78, 5) is 5.29. The topological polar surface area (TPSA) is 30.3 Å². The van der Waals surface area contributed by atoms with E-state index >= 15 is 0 Å². The zero-order chi connectivity index (χ0) is 11.7. The van der Waals surface area contributed by atoms with Crippen molar-refractivity contribution in [2.75, 3.05) is 26.2 Å². The molecule has 0 aromatic heterocycles. The highest BCUT2D eigenvalue weighted by Gasteiger charge is 2.35. The number of likely N-dealkylation sites (tertiary alicyclic amines) is 2. The van der Waals surface area contributed by atoms with Crippen molar-refractivity contribution in [2.45, 2.75) is 50.6 Å². The van der Waals surface area contributed by atoms with E-state index in [1.165, 1.54) is 45.2 Å². The molecule has 0 bridgehead atoms. The lowest BCUT2D eigenvalue weighted by atomic mass is 10.1. The molecule has 3 aliphatic rings. The maximum Gasteiger partial charge on any atom is 0.0669 e. The molecule has 2 unspecified atom stereocenters. The fraction of sp³-hybridized carbons (Fsp3) is 0.929. The molecular formula is C14H23N3. The fourth-order valence-electron chi connectivity index (χ4n) is 3.89. The molecule has 0 amide bonds. The van der Waals surface area contributed by atoms with Gasteiger partial charge in [0.1, 0.15) is 0 Å². The molecule has 2 saturated heterocycles. The summed E-state index contributed by atoms with van der Waals surface area (Å²) < 4.78 is 0. The van der Waals surface area contributed by atoms with Crippen molar-refractivity contribution in [3.05, 3.63) is 0 Å². The van der Waals surface area contributed by atoms with Crippen molar-refractivity contribution in [1.29, 1.82) is 5.26 Å². The van der Waals surface area contributed by atoms with Crippen LogP contribution in [0.15, 0.2) is 0 Å². The van der Waals surface area contributed by atoms with E-state index in [2.05, 4.69) is 15.9 Å². The number of nitriles is 1. The SMILES string of the molecule is N#CC1CCN(C2CCN(C3CCCC3)C2)C1. The number of nitrogens with zero attached hydrogens (tertiary/aromatic N) is 3. The number of hydrogen-bond acceptors (Lipinski definition) is 3. The Morgan fingerprint density at radius 2 is 1.53 bits per heavy atom. The van der Waals surface area contributed by atoms with E-state index in [0.717, 1.165) is 31.6 Å². The summed E-state index contributed by atoms with van der Waals surface area (Å²) in [6.45, 7) is 4.74. The smallest absolute Gasteiger partial charge is 0.0669 e. The summed E-state index contributed by atoms with van der Waals surface area (Å²) in [5.74, 6) is 0.301. The Labute approximate surface area is 104 Å². The van der Waals surface area contributed by atoms with Gasteiger partial charge in [0.15, 0.2) is 0 Å². The van der Waals surface area contributed by atoms with Crippen LogP contribution >= 0.6 is 0 Å². The predicted molar refractivity (Wildman–Crippen MR) is 67.5 cm³/mol. The lowest BCUT2D eigenvalue weighted by Crippen LogP contribution is -2.38. The summed E-state index contributed by atoms with van der Waals surface area (Å²) >= 11 is 0. The van der Waals surface area contributed by atoms with E-state index < -0.39 is 0 Å². The molecule has 0 aromatic carbocycles. The molecule has 3 heteroatoms. The second-order valence-electron chi connectivity index (χ2n) is 5.99. The molecular weight excluding hydrogens is 210 g/mol. The van der Waals surface area contributed by atoms with Gasteiger partial charge in [-0.3, -0.25) is 9.80 Å². The molecule has 0 radical (unpaired) electrons. The van der Waals surface area contributed by atoms with Crippen LogP contribution in [0.1, 0.15) is 38.5 Å². The van der Waals surface area contributed by atoms with Crippen molar-refractivity contribution < 1.29 is 0 Å². The number of hydrogen-bond donors (Lipinski definition) is 0. The molecule has 0 spiro atoms. The van der Waals surface area contributed by atoms with E-state index in [9.17, 15) is 0 Å². The Balaban J connectivity index is 1.52. The second-order valence-corrected chi connectivity index (χ2v) is 5.99. The van der Waals surface area contributed by atoms with Crippen molar-refractivity contribution in [3.8, 4) is 6.07 Å². The largest absolute Gasteiger partial charge is 0.299 e. The Kier molecular flexibility index (Phi) is 3.35. The molecule has 3 nitrogen and oxygen atoms in total. The zero-order valence-corrected chi connectivity index (χ0v) is 10.6. The summed E-state index contributed by atoms with van der Waals surface area (Å²) in [6, 6.07) is 4.06. The van der Waals surface area contributed by atoms with Gasteiger partial charge in [0.25, 0.3) is 0 Å². The summed E-state index contributed by atoms with van der Waals surface area (Å²) in [6.07, 6.45) is 8.14. The van der Waals surface area contributed by atoms with E-state index in [1.807, 2.05) is 0 Å². The molecule has 17 heavy (non-hydrogen) atoms. The molecule has 0 N–H and O–H groups in total. The Bertz CT molecular complexity index is 303. The highest BCUT2D eigenvalue weighted by Crippen LogP contribution is 2.29.